The van der Waals surface area contributed by atoms with E-state index in [1.165, 1.54) is 10.3 Å². The molecule has 3 nitrogen and oxygen atoms in total. The van der Waals surface area contributed by atoms with Crippen LogP contribution in [0, 0.1) is 0 Å². The van der Waals surface area contributed by atoms with Gasteiger partial charge in [0.1, 0.15) is 0 Å². The molecule has 1 aromatic carbocycles. The van der Waals surface area contributed by atoms with Crippen molar-refractivity contribution >= 4 is 38.0 Å². The summed E-state index contributed by atoms with van der Waals surface area (Å²) in [5.74, 6) is 0. The minimum Gasteiger partial charge on any atom is -0.360 e. The number of hydrogen-bond donors (Lipinski definition) is 1. The topological polar surface area (TPSA) is 28.2 Å². The number of fused-ring (bicyclic) bond motifs is 1. The van der Waals surface area contributed by atoms with Gasteiger partial charge in [0.15, 0.2) is 5.13 Å². The highest BCUT2D eigenvalue weighted by Gasteiger charge is 2.15. The van der Waals surface area contributed by atoms with Crippen LogP contribution in [0.2, 0.25) is 0 Å². The highest BCUT2D eigenvalue weighted by Crippen LogP contribution is 2.27. The molecule has 0 amide bonds. The fraction of sp³-hybridized carbons (Fsp3) is 0.267. The molecule has 0 fully saturated rings. The van der Waals surface area contributed by atoms with Crippen molar-refractivity contribution in [2.75, 3.05) is 26.0 Å². The van der Waals surface area contributed by atoms with E-state index in [1.807, 2.05) is 6.07 Å². The average molecular weight is 303 g/mol. The van der Waals surface area contributed by atoms with E-state index in [-0.39, 0.29) is 0 Å². The van der Waals surface area contributed by atoms with Gasteiger partial charge in [0, 0.05) is 6.54 Å². The fourth-order valence-electron chi connectivity index (χ4n) is 2.19. The minimum atomic E-state index is 0.369. The van der Waals surface area contributed by atoms with Gasteiger partial charge in [0.05, 0.1) is 16.3 Å². The number of benzene rings is 1. The third-order valence-electron chi connectivity index (χ3n) is 3.29. The van der Waals surface area contributed by atoms with Crippen LogP contribution in [0.5, 0.6) is 0 Å². The zero-order valence-corrected chi connectivity index (χ0v) is 13.2. The third kappa shape index (κ3) is 2.85. The molecular weight excluding hydrogens is 286 g/mol. The summed E-state index contributed by atoms with van der Waals surface area (Å²) >= 11 is 3.45. The van der Waals surface area contributed by atoms with Crippen LogP contribution in [0.25, 0.3) is 10.2 Å². The zero-order valence-electron chi connectivity index (χ0n) is 11.5. The lowest BCUT2D eigenvalue weighted by molar-refractivity contribution is 0.312. The van der Waals surface area contributed by atoms with Crippen LogP contribution < -0.4 is 5.32 Å². The van der Waals surface area contributed by atoms with Gasteiger partial charge in [-0.2, -0.15) is 11.3 Å². The first-order chi connectivity index (χ1) is 9.74. The van der Waals surface area contributed by atoms with Crippen molar-refractivity contribution in [2.24, 2.45) is 0 Å². The monoisotopic (exact) mass is 303 g/mol. The molecule has 2 aromatic heterocycles. The summed E-state index contributed by atoms with van der Waals surface area (Å²) in [5.41, 5.74) is 2.42. The molecule has 0 saturated heterocycles. The molecule has 1 N–H and O–H groups in total. The van der Waals surface area contributed by atoms with Gasteiger partial charge >= 0.3 is 0 Å². The van der Waals surface area contributed by atoms with Crippen LogP contribution in [-0.2, 0) is 0 Å². The Morgan fingerprint density at radius 3 is 2.80 bits per heavy atom. The first kappa shape index (κ1) is 13.5. The second kappa shape index (κ2) is 5.91. The molecule has 0 aliphatic carbocycles. The van der Waals surface area contributed by atoms with E-state index >= 15 is 0 Å². The molecule has 0 aliphatic rings. The van der Waals surface area contributed by atoms with Crippen LogP contribution in [0.15, 0.2) is 41.1 Å². The van der Waals surface area contributed by atoms with Crippen LogP contribution in [-0.4, -0.2) is 30.5 Å². The van der Waals surface area contributed by atoms with Gasteiger partial charge in [-0.05, 0) is 48.6 Å². The third-order valence-corrected chi connectivity index (χ3v) is 4.99. The van der Waals surface area contributed by atoms with Gasteiger partial charge < -0.3 is 10.2 Å². The number of rotatable bonds is 5. The molecule has 0 spiro atoms. The van der Waals surface area contributed by atoms with Gasteiger partial charge in [0.2, 0.25) is 0 Å². The van der Waals surface area contributed by atoms with Crippen LogP contribution >= 0.6 is 22.7 Å². The second-order valence-corrected chi connectivity index (χ2v) is 6.71. The smallest absolute Gasteiger partial charge is 0.183 e. The van der Waals surface area contributed by atoms with Gasteiger partial charge in [0.25, 0.3) is 0 Å². The summed E-state index contributed by atoms with van der Waals surface area (Å²) in [6.45, 7) is 0.865. The lowest BCUT2D eigenvalue weighted by Crippen LogP contribution is -2.26. The maximum Gasteiger partial charge on any atom is 0.183 e. The molecule has 20 heavy (non-hydrogen) atoms. The average Bonchev–Trinajstić information content (AvgIpc) is 3.06. The van der Waals surface area contributed by atoms with Crippen molar-refractivity contribution in [3.05, 3.63) is 46.7 Å². The highest BCUT2D eigenvalue weighted by molar-refractivity contribution is 7.22. The first-order valence-corrected chi connectivity index (χ1v) is 8.28. The van der Waals surface area contributed by atoms with Gasteiger partial charge in [-0.15, -0.1) is 0 Å². The minimum absolute atomic E-state index is 0.369. The molecule has 3 rings (SSSR count). The number of aromatic nitrogens is 1. The summed E-state index contributed by atoms with van der Waals surface area (Å²) in [5, 5.41) is 8.81. The summed E-state index contributed by atoms with van der Waals surface area (Å²) in [7, 11) is 4.23. The van der Waals surface area contributed by atoms with Crippen LogP contribution in [0.3, 0.4) is 0 Å². The molecule has 0 saturated carbocycles. The Balaban J connectivity index is 1.74. The Morgan fingerprint density at radius 2 is 2.10 bits per heavy atom. The van der Waals surface area contributed by atoms with E-state index in [0.29, 0.717) is 6.04 Å². The second-order valence-electron chi connectivity index (χ2n) is 4.90. The maximum absolute atomic E-state index is 4.62. The molecule has 104 valence electrons. The molecule has 5 heteroatoms. The van der Waals surface area contributed by atoms with Gasteiger partial charge in [-0.1, -0.05) is 23.5 Å². The van der Waals surface area contributed by atoms with Crippen molar-refractivity contribution < 1.29 is 0 Å². The predicted molar refractivity (Wildman–Crippen MR) is 88.9 cm³/mol. The van der Waals surface area contributed by atoms with Crippen LogP contribution in [0.1, 0.15) is 11.6 Å². The normalized spacial score (nSPS) is 12.9. The largest absolute Gasteiger partial charge is 0.360 e. The Bertz CT molecular complexity index is 640. The molecule has 3 aromatic rings. The number of likely N-dealkylation sites (N-methyl/N-ethyl adjacent to an activating group) is 1. The van der Waals surface area contributed by atoms with E-state index in [9.17, 15) is 0 Å². The van der Waals surface area contributed by atoms with E-state index in [1.54, 1.807) is 22.7 Å². The Kier molecular flexibility index (Phi) is 4.00. The van der Waals surface area contributed by atoms with Crippen molar-refractivity contribution in [2.45, 2.75) is 6.04 Å². The zero-order chi connectivity index (χ0) is 13.9. The van der Waals surface area contributed by atoms with E-state index < -0.39 is 0 Å². The number of anilines is 1. The highest BCUT2D eigenvalue weighted by atomic mass is 32.1. The molecule has 0 aliphatic heterocycles. The SMILES string of the molecule is CN(C)[C@H](CNc1nc2ccccc2s1)c1ccsc1. The summed E-state index contributed by atoms with van der Waals surface area (Å²) < 4.78 is 1.23. The van der Waals surface area contributed by atoms with Crippen LogP contribution in [0.4, 0.5) is 5.13 Å². The predicted octanol–water partition coefficient (Wildman–Crippen LogP) is 4.07. The van der Waals surface area contributed by atoms with Gasteiger partial charge in [-0.3, -0.25) is 0 Å². The lowest BCUT2D eigenvalue weighted by atomic mass is 10.1. The van der Waals surface area contributed by atoms with Crippen molar-refractivity contribution in [1.29, 1.82) is 0 Å². The van der Waals surface area contributed by atoms with Crippen molar-refractivity contribution in [3.8, 4) is 0 Å². The Labute approximate surface area is 126 Å². The number of para-hydroxylation sites is 1. The number of nitrogens with one attached hydrogen (secondary N) is 1. The lowest BCUT2D eigenvalue weighted by Gasteiger charge is -2.23. The Morgan fingerprint density at radius 1 is 1.25 bits per heavy atom. The first-order valence-electron chi connectivity index (χ1n) is 6.52. The fourth-order valence-corrected chi connectivity index (χ4v) is 3.77. The van der Waals surface area contributed by atoms with Crippen molar-refractivity contribution in [1.82, 2.24) is 9.88 Å². The van der Waals surface area contributed by atoms with Crippen molar-refractivity contribution in [3.63, 3.8) is 0 Å². The maximum atomic E-state index is 4.62. The molecule has 1 atom stereocenters. The molecule has 0 radical (unpaired) electrons. The van der Waals surface area contributed by atoms with E-state index in [4.69, 9.17) is 0 Å². The Hall–Kier alpha value is -1.43. The summed E-state index contributed by atoms with van der Waals surface area (Å²) in [6, 6.07) is 10.8. The standard InChI is InChI=1S/C15H17N3S2/c1-18(2)13(11-7-8-19-10-11)9-16-15-17-12-5-3-4-6-14(12)20-15/h3-8,10,13H,9H2,1-2H3,(H,16,17)/t13-/m1/s1. The number of thiazole rings is 1. The quantitative estimate of drug-likeness (QED) is 0.770. The number of thiophene rings is 1. The van der Waals surface area contributed by atoms with E-state index in [0.717, 1.165) is 17.2 Å². The molecular formula is C15H17N3S2. The molecule has 0 unspecified atom stereocenters. The number of hydrogen-bond acceptors (Lipinski definition) is 5. The van der Waals surface area contributed by atoms with Gasteiger partial charge in [-0.25, -0.2) is 4.98 Å². The molecule has 0 bridgehead atoms. The summed E-state index contributed by atoms with van der Waals surface area (Å²) in [6.07, 6.45) is 0. The van der Waals surface area contributed by atoms with E-state index in [2.05, 4.69) is 64.3 Å². The molecule has 2 heterocycles. The summed E-state index contributed by atoms with van der Waals surface area (Å²) in [4.78, 5) is 6.86. The number of nitrogens with zero attached hydrogens (tertiary/aromatic N) is 2.